The Kier molecular flexibility index (Phi) is 2.92. The molecule has 3 nitrogen and oxygen atoms in total. The first-order chi connectivity index (χ1) is 8.30. The second-order valence-corrected chi connectivity index (χ2v) is 5.22. The van der Waals surface area contributed by atoms with Crippen molar-refractivity contribution in [3.8, 4) is 0 Å². The first kappa shape index (κ1) is 12.7. The normalized spacial score (nSPS) is 19.7. The number of halogens is 2. The van der Waals surface area contributed by atoms with E-state index in [0.717, 1.165) is 12.1 Å². The molecule has 5 heteroatoms. The number of esters is 1. The zero-order valence-electron chi connectivity index (χ0n) is 10.3. The summed E-state index contributed by atoms with van der Waals surface area (Å²) in [5.74, 6) is -2.46. The fourth-order valence-corrected chi connectivity index (χ4v) is 1.71. The van der Waals surface area contributed by atoms with Crippen LogP contribution in [0.3, 0.4) is 0 Å². The van der Waals surface area contributed by atoms with Gasteiger partial charge < -0.3 is 4.74 Å². The number of nitrogens with zero attached hydrogens (tertiary/aromatic N) is 1. The maximum Gasteiger partial charge on any atom is 0.338 e. The molecule has 1 unspecified atom stereocenters. The van der Waals surface area contributed by atoms with E-state index >= 15 is 0 Å². The molecule has 0 radical (unpaired) electrons. The van der Waals surface area contributed by atoms with Crippen molar-refractivity contribution >= 4 is 11.9 Å². The van der Waals surface area contributed by atoms with E-state index in [2.05, 4.69) is 4.99 Å². The van der Waals surface area contributed by atoms with Gasteiger partial charge in [0.1, 0.15) is 17.2 Å². The molecule has 0 aromatic heterocycles. The minimum atomic E-state index is -0.795. The predicted molar refractivity (Wildman–Crippen MR) is 62.2 cm³/mol. The molecule has 18 heavy (non-hydrogen) atoms. The quantitative estimate of drug-likeness (QED) is 0.722. The van der Waals surface area contributed by atoms with Crippen molar-refractivity contribution in [1.29, 1.82) is 0 Å². The summed E-state index contributed by atoms with van der Waals surface area (Å²) in [6, 6.07) is 2.69. The van der Waals surface area contributed by atoms with E-state index < -0.39 is 34.6 Å². The molecule has 0 fully saturated rings. The Morgan fingerprint density at radius 3 is 2.22 bits per heavy atom. The number of carbonyl (C=O) groups excluding carboxylic acids is 1. The van der Waals surface area contributed by atoms with E-state index in [-0.39, 0.29) is 5.90 Å². The summed E-state index contributed by atoms with van der Waals surface area (Å²) in [6.07, 6.45) is 0. The highest BCUT2D eigenvalue weighted by atomic mass is 19.1. The van der Waals surface area contributed by atoms with Gasteiger partial charge in [0.2, 0.25) is 5.90 Å². The number of ether oxygens (including phenoxy) is 1. The van der Waals surface area contributed by atoms with E-state index in [1.165, 1.54) is 6.07 Å². The predicted octanol–water partition coefficient (Wildman–Crippen LogP) is 2.68. The number of hydrogen-bond donors (Lipinski definition) is 0. The van der Waals surface area contributed by atoms with E-state index in [4.69, 9.17) is 4.74 Å². The molecule has 1 aromatic carbocycles. The average molecular weight is 253 g/mol. The molecule has 1 atom stereocenters. The molecular formula is C13H13F2NO2. The molecule has 1 aromatic rings. The molecule has 0 spiro atoms. The van der Waals surface area contributed by atoms with Crippen molar-refractivity contribution in [2.75, 3.05) is 0 Å². The van der Waals surface area contributed by atoms with Gasteiger partial charge in [-0.2, -0.15) is 0 Å². The average Bonchev–Trinajstić information content (AvgIpc) is 2.59. The van der Waals surface area contributed by atoms with Crippen LogP contribution in [0.4, 0.5) is 8.78 Å². The highest BCUT2D eigenvalue weighted by molar-refractivity contribution is 6.06. The lowest BCUT2D eigenvalue weighted by atomic mass is 9.87. The molecule has 0 saturated carbocycles. The van der Waals surface area contributed by atoms with Gasteiger partial charge in [-0.1, -0.05) is 26.8 Å². The first-order valence-corrected chi connectivity index (χ1v) is 5.54. The van der Waals surface area contributed by atoms with E-state index in [9.17, 15) is 13.6 Å². The van der Waals surface area contributed by atoms with Gasteiger partial charge in [-0.25, -0.2) is 18.6 Å². The SMILES string of the molecule is CC(C)(C)C1N=C(c2c(F)cccc2F)OC1=O. The summed E-state index contributed by atoms with van der Waals surface area (Å²) in [7, 11) is 0. The third-order valence-electron chi connectivity index (χ3n) is 2.66. The Labute approximate surface area is 103 Å². The van der Waals surface area contributed by atoms with Crippen molar-refractivity contribution < 1.29 is 18.3 Å². The molecule has 2 rings (SSSR count). The minimum Gasteiger partial charge on any atom is -0.405 e. The lowest BCUT2D eigenvalue weighted by Gasteiger charge is -2.20. The largest absolute Gasteiger partial charge is 0.405 e. The number of benzene rings is 1. The Morgan fingerprint density at radius 1 is 1.22 bits per heavy atom. The van der Waals surface area contributed by atoms with Crippen LogP contribution in [0.1, 0.15) is 26.3 Å². The zero-order valence-corrected chi connectivity index (χ0v) is 10.3. The maximum absolute atomic E-state index is 13.5. The van der Waals surface area contributed by atoms with Gasteiger partial charge in [0.15, 0.2) is 6.04 Å². The summed E-state index contributed by atoms with van der Waals surface area (Å²) in [5.41, 5.74) is -0.849. The summed E-state index contributed by atoms with van der Waals surface area (Å²) >= 11 is 0. The Bertz CT molecular complexity index is 512. The molecule has 96 valence electrons. The second kappa shape index (κ2) is 4.15. The first-order valence-electron chi connectivity index (χ1n) is 5.54. The van der Waals surface area contributed by atoms with Gasteiger partial charge in [-0.15, -0.1) is 0 Å². The van der Waals surface area contributed by atoms with E-state index in [1.54, 1.807) is 0 Å². The molecule has 0 amide bonds. The monoisotopic (exact) mass is 253 g/mol. The molecule has 0 saturated heterocycles. The molecule has 0 bridgehead atoms. The van der Waals surface area contributed by atoms with Gasteiger partial charge >= 0.3 is 5.97 Å². The van der Waals surface area contributed by atoms with Gasteiger partial charge in [0.05, 0.1) is 0 Å². The van der Waals surface area contributed by atoms with Crippen LogP contribution in [0.5, 0.6) is 0 Å². The number of cyclic esters (lactones) is 1. The molecule has 1 heterocycles. The third kappa shape index (κ3) is 2.12. The van der Waals surface area contributed by atoms with Crippen molar-refractivity contribution in [3.05, 3.63) is 35.4 Å². The van der Waals surface area contributed by atoms with Gasteiger partial charge in [0, 0.05) is 0 Å². The van der Waals surface area contributed by atoms with Crippen LogP contribution in [-0.2, 0) is 9.53 Å². The summed E-state index contributed by atoms with van der Waals surface area (Å²) in [5, 5.41) is 0. The van der Waals surface area contributed by atoms with Gasteiger partial charge in [0.25, 0.3) is 0 Å². The number of carbonyl (C=O) groups is 1. The Hall–Kier alpha value is -1.78. The van der Waals surface area contributed by atoms with Gasteiger partial charge in [-0.3, -0.25) is 0 Å². The number of rotatable bonds is 1. The highest BCUT2D eigenvalue weighted by Gasteiger charge is 2.40. The van der Waals surface area contributed by atoms with Crippen molar-refractivity contribution in [1.82, 2.24) is 0 Å². The molecule has 1 aliphatic heterocycles. The minimum absolute atomic E-state index is 0.282. The van der Waals surface area contributed by atoms with Crippen molar-refractivity contribution in [2.24, 2.45) is 10.4 Å². The Morgan fingerprint density at radius 2 is 1.78 bits per heavy atom. The molecule has 1 aliphatic rings. The summed E-state index contributed by atoms with van der Waals surface area (Å²) in [6.45, 7) is 5.43. The van der Waals surface area contributed by atoms with E-state index in [1.807, 2.05) is 20.8 Å². The molecule has 0 N–H and O–H groups in total. The number of aliphatic imine (C=N–C) groups is 1. The van der Waals surface area contributed by atoms with E-state index in [0.29, 0.717) is 0 Å². The van der Waals surface area contributed by atoms with Crippen molar-refractivity contribution in [3.63, 3.8) is 0 Å². The third-order valence-corrected chi connectivity index (χ3v) is 2.66. The number of hydrogen-bond acceptors (Lipinski definition) is 3. The van der Waals surface area contributed by atoms with Crippen molar-refractivity contribution in [2.45, 2.75) is 26.8 Å². The fourth-order valence-electron chi connectivity index (χ4n) is 1.71. The standard InChI is InChI=1S/C13H13F2NO2/c1-13(2,3)10-12(17)18-11(16-10)9-7(14)5-4-6-8(9)15/h4-6,10H,1-3H3. The smallest absolute Gasteiger partial charge is 0.338 e. The van der Waals surface area contributed by atoms with Crippen LogP contribution in [0.15, 0.2) is 23.2 Å². The maximum atomic E-state index is 13.5. The van der Waals surface area contributed by atoms with Crippen LogP contribution < -0.4 is 0 Å². The van der Waals surface area contributed by atoms with Crippen LogP contribution in [-0.4, -0.2) is 17.9 Å². The lowest BCUT2D eigenvalue weighted by molar-refractivity contribution is -0.137. The highest BCUT2D eigenvalue weighted by Crippen LogP contribution is 2.29. The second-order valence-electron chi connectivity index (χ2n) is 5.22. The van der Waals surface area contributed by atoms with Gasteiger partial charge in [-0.05, 0) is 17.5 Å². The topological polar surface area (TPSA) is 38.7 Å². The zero-order chi connectivity index (χ0) is 13.5. The molecular weight excluding hydrogens is 240 g/mol. The Balaban J connectivity index is 2.45. The van der Waals surface area contributed by atoms with Crippen LogP contribution in [0.25, 0.3) is 0 Å². The lowest BCUT2D eigenvalue weighted by Crippen LogP contribution is -2.30. The summed E-state index contributed by atoms with van der Waals surface area (Å²) in [4.78, 5) is 15.6. The van der Waals surface area contributed by atoms with Crippen LogP contribution in [0, 0.1) is 17.0 Å². The molecule has 0 aliphatic carbocycles. The fraction of sp³-hybridized carbons (Fsp3) is 0.385. The van der Waals surface area contributed by atoms with Crippen LogP contribution in [0.2, 0.25) is 0 Å². The summed E-state index contributed by atoms with van der Waals surface area (Å²) < 4.78 is 32.0. The van der Waals surface area contributed by atoms with Crippen LogP contribution >= 0.6 is 0 Å².